The zero-order chi connectivity index (χ0) is 18.8. The lowest BCUT2D eigenvalue weighted by Crippen LogP contribution is -2.50. The number of hydrogen-bond donors (Lipinski definition) is 1. The molecule has 1 unspecified atom stereocenters. The highest BCUT2D eigenvalue weighted by Gasteiger charge is 2.41. The molecule has 138 valence electrons. The zero-order valence-corrected chi connectivity index (χ0v) is 16.2. The van der Waals surface area contributed by atoms with Crippen LogP contribution in [0, 0.1) is 0 Å². The van der Waals surface area contributed by atoms with Crippen molar-refractivity contribution in [1.82, 2.24) is 4.90 Å². The van der Waals surface area contributed by atoms with Gasteiger partial charge < -0.3 is 14.7 Å². The fourth-order valence-electron chi connectivity index (χ4n) is 3.21. The molecule has 7 heteroatoms. The average molecular weight is 388 g/mol. The normalized spacial score (nSPS) is 21.1. The predicted octanol–water partition coefficient (Wildman–Crippen LogP) is 4.74. The molecule has 1 atom stereocenters. The van der Waals surface area contributed by atoms with Crippen molar-refractivity contribution in [3.63, 3.8) is 0 Å². The van der Waals surface area contributed by atoms with Gasteiger partial charge in [0.2, 0.25) is 0 Å². The Kier molecular flexibility index (Phi) is 5.89. The highest BCUT2D eigenvalue weighted by Crippen LogP contribution is 2.40. The van der Waals surface area contributed by atoms with Gasteiger partial charge in [-0.1, -0.05) is 29.3 Å². The molecule has 1 aromatic rings. The fraction of sp³-hybridized carbons (Fsp3) is 0.556. The Bertz CT molecular complexity index is 672. The third kappa shape index (κ3) is 5.02. The van der Waals surface area contributed by atoms with Gasteiger partial charge in [-0.05, 0) is 51.3 Å². The van der Waals surface area contributed by atoms with E-state index in [9.17, 15) is 14.7 Å². The van der Waals surface area contributed by atoms with E-state index in [1.807, 2.05) is 0 Å². The lowest BCUT2D eigenvalue weighted by molar-refractivity contribution is -0.139. The highest BCUT2D eigenvalue weighted by atomic mass is 35.5. The molecule has 0 spiro atoms. The van der Waals surface area contributed by atoms with Crippen LogP contribution in [0.1, 0.15) is 45.6 Å². The minimum atomic E-state index is -0.919. The van der Waals surface area contributed by atoms with Gasteiger partial charge in [0.25, 0.3) is 0 Å². The minimum absolute atomic E-state index is 0.0930. The number of rotatable bonds is 3. The lowest BCUT2D eigenvalue weighted by atomic mass is 9.72. The second-order valence-corrected chi connectivity index (χ2v) is 8.30. The van der Waals surface area contributed by atoms with Crippen molar-refractivity contribution in [1.29, 1.82) is 0 Å². The van der Waals surface area contributed by atoms with E-state index in [4.69, 9.17) is 27.9 Å². The van der Waals surface area contributed by atoms with E-state index in [0.29, 0.717) is 29.4 Å². The molecule has 1 heterocycles. The second-order valence-electron chi connectivity index (χ2n) is 7.49. The molecule has 5 nitrogen and oxygen atoms in total. The quantitative estimate of drug-likeness (QED) is 0.813. The smallest absolute Gasteiger partial charge is 0.410 e. The van der Waals surface area contributed by atoms with E-state index in [1.165, 1.54) is 0 Å². The van der Waals surface area contributed by atoms with Crippen molar-refractivity contribution in [2.45, 2.75) is 51.0 Å². The van der Waals surface area contributed by atoms with Crippen LogP contribution in [0.25, 0.3) is 0 Å². The van der Waals surface area contributed by atoms with Gasteiger partial charge in [0, 0.05) is 18.5 Å². The number of carboxylic acid groups (broad SMARTS) is 1. The van der Waals surface area contributed by atoms with E-state index < -0.39 is 23.1 Å². The summed E-state index contributed by atoms with van der Waals surface area (Å²) in [7, 11) is 0. The van der Waals surface area contributed by atoms with E-state index in [-0.39, 0.29) is 13.0 Å². The van der Waals surface area contributed by atoms with E-state index in [0.717, 1.165) is 5.56 Å². The molecule has 0 aromatic heterocycles. The molecule has 1 N–H and O–H groups in total. The molecule has 1 saturated heterocycles. The fourth-order valence-corrected chi connectivity index (χ4v) is 3.51. The highest BCUT2D eigenvalue weighted by molar-refractivity contribution is 6.42. The van der Waals surface area contributed by atoms with Gasteiger partial charge in [-0.2, -0.15) is 0 Å². The van der Waals surface area contributed by atoms with Crippen LogP contribution in [0.3, 0.4) is 0 Å². The number of halogens is 2. The van der Waals surface area contributed by atoms with Gasteiger partial charge in [-0.25, -0.2) is 4.79 Å². The number of benzene rings is 1. The monoisotopic (exact) mass is 387 g/mol. The first-order valence-electron chi connectivity index (χ1n) is 8.18. The molecule has 1 aliphatic heterocycles. The second kappa shape index (κ2) is 7.42. The topological polar surface area (TPSA) is 66.8 Å². The summed E-state index contributed by atoms with van der Waals surface area (Å²) in [4.78, 5) is 25.5. The molecule has 1 fully saturated rings. The maximum absolute atomic E-state index is 12.4. The Morgan fingerprint density at radius 2 is 1.96 bits per heavy atom. The first-order chi connectivity index (χ1) is 11.5. The maximum Gasteiger partial charge on any atom is 0.410 e. The van der Waals surface area contributed by atoms with Crippen molar-refractivity contribution >= 4 is 35.3 Å². The molecule has 0 radical (unpaired) electrons. The van der Waals surface area contributed by atoms with Crippen LogP contribution in [0.15, 0.2) is 18.2 Å². The lowest BCUT2D eigenvalue weighted by Gasteiger charge is -2.42. The van der Waals surface area contributed by atoms with Gasteiger partial charge in [0.15, 0.2) is 0 Å². The largest absolute Gasteiger partial charge is 0.481 e. The third-order valence-corrected chi connectivity index (χ3v) is 4.99. The number of carbonyl (C=O) groups is 2. The molecule has 0 aliphatic carbocycles. The summed E-state index contributed by atoms with van der Waals surface area (Å²) in [5.41, 5.74) is -0.541. The number of hydrogen-bond acceptors (Lipinski definition) is 3. The van der Waals surface area contributed by atoms with Crippen LogP contribution in [0.5, 0.6) is 0 Å². The van der Waals surface area contributed by atoms with Gasteiger partial charge in [0.05, 0.1) is 16.5 Å². The molecule has 0 bridgehead atoms. The summed E-state index contributed by atoms with van der Waals surface area (Å²) in [5.74, 6) is -0.919. The van der Waals surface area contributed by atoms with Crippen LogP contribution < -0.4 is 0 Å². The van der Waals surface area contributed by atoms with Gasteiger partial charge in [-0.3, -0.25) is 4.79 Å². The van der Waals surface area contributed by atoms with Gasteiger partial charge in [-0.15, -0.1) is 0 Å². The van der Waals surface area contributed by atoms with E-state index in [1.54, 1.807) is 43.9 Å². The Hall–Kier alpha value is -1.46. The predicted molar refractivity (Wildman–Crippen MR) is 97.4 cm³/mol. The molecule has 1 amide bonds. The number of aliphatic carboxylic acids is 1. The summed E-state index contributed by atoms with van der Waals surface area (Å²) < 4.78 is 5.45. The number of piperidine rings is 1. The summed E-state index contributed by atoms with van der Waals surface area (Å²) in [5, 5.41) is 10.2. The average Bonchev–Trinajstić information content (AvgIpc) is 2.47. The molecular formula is C18H23Cl2NO4. The molecule has 1 aliphatic rings. The van der Waals surface area contributed by atoms with Crippen molar-refractivity contribution < 1.29 is 19.4 Å². The number of ether oxygens (including phenoxy) is 1. The standard InChI is InChI=1S/C18H23Cl2NO4/c1-17(2,3)25-16(24)21-8-4-7-18(11-21,10-15(22)23)12-5-6-13(19)14(20)9-12/h5-6,9H,4,7-8,10-11H2,1-3H3,(H,22,23). The van der Waals surface area contributed by atoms with Crippen molar-refractivity contribution in [2.24, 2.45) is 0 Å². The zero-order valence-electron chi connectivity index (χ0n) is 14.6. The minimum Gasteiger partial charge on any atom is -0.481 e. The summed E-state index contributed by atoms with van der Waals surface area (Å²) >= 11 is 12.1. The van der Waals surface area contributed by atoms with Crippen LogP contribution in [0.2, 0.25) is 10.0 Å². The Balaban J connectivity index is 2.34. The summed E-state index contributed by atoms with van der Waals surface area (Å²) in [6.07, 6.45) is 0.815. The SMILES string of the molecule is CC(C)(C)OC(=O)N1CCCC(CC(=O)O)(c2ccc(Cl)c(Cl)c2)C1. The molecule has 25 heavy (non-hydrogen) atoms. The number of likely N-dealkylation sites (tertiary alicyclic amines) is 1. The Morgan fingerprint density at radius 1 is 1.28 bits per heavy atom. The first kappa shape index (κ1) is 19.9. The Morgan fingerprint density at radius 3 is 2.52 bits per heavy atom. The van der Waals surface area contributed by atoms with Crippen LogP contribution in [0.4, 0.5) is 4.79 Å². The molecule has 2 rings (SSSR count). The van der Waals surface area contributed by atoms with Crippen LogP contribution >= 0.6 is 23.2 Å². The van der Waals surface area contributed by atoms with E-state index >= 15 is 0 Å². The van der Waals surface area contributed by atoms with Crippen LogP contribution in [-0.2, 0) is 14.9 Å². The Labute approximate surface area is 157 Å². The van der Waals surface area contributed by atoms with Gasteiger partial charge in [0.1, 0.15) is 5.60 Å². The number of carbonyl (C=O) groups excluding carboxylic acids is 1. The first-order valence-corrected chi connectivity index (χ1v) is 8.93. The van der Waals surface area contributed by atoms with E-state index in [2.05, 4.69) is 0 Å². The van der Waals surface area contributed by atoms with Gasteiger partial charge >= 0.3 is 12.1 Å². The number of carboxylic acids is 1. The third-order valence-electron chi connectivity index (χ3n) is 4.25. The van der Waals surface area contributed by atoms with Crippen LogP contribution in [-0.4, -0.2) is 40.8 Å². The molecular weight excluding hydrogens is 365 g/mol. The number of nitrogens with zero attached hydrogens (tertiary/aromatic N) is 1. The molecule has 0 saturated carbocycles. The maximum atomic E-state index is 12.4. The summed E-state index contributed by atoms with van der Waals surface area (Å²) in [6.45, 7) is 6.22. The van der Waals surface area contributed by atoms with Crippen molar-refractivity contribution in [3.8, 4) is 0 Å². The molecule has 1 aromatic carbocycles. The van der Waals surface area contributed by atoms with Crippen molar-refractivity contribution in [3.05, 3.63) is 33.8 Å². The summed E-state index contributed by atoms with van der Waals surface area (Å²) in [6, 6.07) is 5.15. The van der Waals surface area contributed by atoms with Crippen molar-refractivity contribution in [2.75, 3.05) is 13.1 Å². The number of amides is 1.